The normalized spacial score (nSPS) is 18.6. The molecule has 0 aromatic heterocycles. The number of benzene rings is 3. The van der Waals surface area contributed by atoms with Crippen LogP contribution in [0.5, 0.6) is 0 Å². The molecule has 0 radical (unpaired) electrons. The molecule has 0 saturated carbocycles. The molecule has 0 aliphatic heterocycles. The number of carboxylic acids is 1. The van der Waals surface area contributed by atoms with Crippen molar-refractivity contribution in [3.63, 3.8) is 0 Å². The maximum Gasteiger partial charge on any atom is 0.343 e. The molecular formula is C28H19BrO8. The third-order valence-corrected chi connectivity index (χ3v) is 6.28. The van der Waals surface area contributed by atoms with Crippen LogP contribution in [0, 0.1) is 0 Å². The number of carbonyl (C=O) groups is 4. The van der Waals surface area contributed by atoms with Gasteiger partial charge in [0, 0.05) is 0 Å². The Morgan fingerprint density at radius 1 is 0.703 bits per heavy atom. The fourth-order valence-corrected chi connectivity index (χ4v) is 3.98. The van der Waals surface area contributed by atoms with Crippen molar-refractivity contribution < 1.29 is 38.5 Å². The van der Waals surface area contributed by atoms with Crippen LogP contribution in [0.15, 0.2) is 114 Å². The fraction of sp³-hybridized carbons (Fsp3) is 0.0714. The molecule has 8 nitrogen and oxygen atoms in total. The first-order valence-electron chi connectivity index (χ1n) is 11.0. The van der Waals surface area contributed by atoms with E-state index in [-0.39, 0.29) is 22.3 Å². The fourth-order valence-electron chi connectivity index (χ4n) is 3.41. The van der Waals surface area contributed by atoms with E-state index in [1.54, 1.807) is 54.6 Å². The van der Waals surface area contributed by atoms with Gasteiger partial charge in [-0.2, -0.15) is 0 Å². The van der Waals surface area contributed by atoms with Gasteiger partial charge in [-0.25, -0.2) is 19.2 Å². The molecular weight excluding hydrogens is 544 g/mol. The Hall–Kier alpha value is -4.50. The van der Waals surface area contributed by atoms with Crippen LogP contribution in [0.25, 0.3) is 0 Å². The number of hydrogen-bond acceptors (Lipinski definition) is 7. The smallest absolute Gasteiger partial charge is 0.343 e. The van der Waals surface area contributed by atoms with Crippen molar-refractivity contribution >= 4 is 39.8 Å². The maximum absolute atomic E-state index is 13.0. The van der Waals surface area contributed by atoms with Crippen LogP contribution in [0.4, 0.5) is 0 Å². The van der Waals surface area contributed by atoms with E-state index in [2.05, 4.69) is 15.9 Å². The van der Waals surface area contributed by atoms with Crippen LogP contribution < -0.4 is 0 Å². The molecule has 3 aromatic rings. The van der Waals surface area contributed by atoms with Crippen molar-refractivity contribution in [2.24, 2.45) is 0 Å². The topological polar surface area (TPSA) is 116 Å². The first-order chi connectivity index (χ1) is 17.8. The quantitative estimate of drug-likeness (QED) is 0.245. The zero-order valence-electron chi connectivity index (χ0n) is 19.1. The number of halogens is 1. The molecule has 9 heteroatoms. The zero-order chi connectivity index (χ0) is 26.4. The molecule has 0 saturated heterocycles. The number of aliphatic carboxylic acids is 1. The van der Waals surface area contributed by atoms with Crippen molar-refractivity contribution in [3.8, 4) is 0 Å². The van der Waals surface area contributed by atoms with E-state index in [0.29, 0.717) is 0 Å². The number of alkyl halides is 1. The highest BCUT2D eigenvalue weighted by Crippen LogP contribution is 2.41. The number of carbonyl (C=O) groups excluding carboxylic acids is 3. The monoisotopic (exact) mass is 562 g/mol. The van der Waals surface area contributed by atoms with Gasteiger partial charge in [-0.1, -0.05) is 54.6 Å². The molecule has 3 aromatic carbocycles. The summed E-state index contributed by atoms with van der Waals surface area (Å²) in [4.78, 5) is 50.7. The van der Waals surface area contributed by atoms with Gasteiger partial charge in [0.05, 0.1) is 22.3 Å². The first-order valence-corrected chi connectivity index (χ1v) is 11.7. The predicted octanol–water partition coefficient (Wildman–Crippen LogP) is 4.93. The lowest BCUT2D eigenvalue weighted by atomic mass is 9.99. The standard InChI is InChI=1S/C28H19BrO8/c29-28(37-27(34)20-14-8-3-9-15-20)22(35-25(32)18-10-4-1-5-11-18)16-21(24(30)31)17-23(28)36-26(33)19-12-6-2-7-13-19/h1-17,22H,(H,30,31). The molecule has 37 heavy (non-hydrogen) atoms. The Morgan fingerprint density at radius 2 is 1.16 bits per heavy atom. The van der Waals surface area contributed by atoms with Gasteiger partial charge < -0.3 is 19.3 Å². The van der Waals surface area contributed by atoms with E-state index in [1.165, 1.54) is 36.4 Å². The zero-order valence-corrected chi connectivity index (χ0v) is 20.7. The molecule has 0 spiro atoms. The minimum atomic E-state index is -2.08. The Balaban J connectivity index is 1.75. The van der Waals surface area contributed by atoms with Gasteiger partial charge in [0.25, 0.3) is 4.51 Å². The highest BCUT2D eigenvalue weighted by atomic mass is 79.9. The van der Waals surface area contributed by atoms with Crippen LogP contribution >= 0.6 is 15.9 Å². The Kier molecular flexibility index (Phi) is 7.64. The molecule has 0 fully saturated rings. The largest absolute Gasteiger partial charge is 0.478 e. The third-order valence-electron chi connectivity index (χ3n) is 5.27. The van der Waals surface area contributed by atoms with Crippen LogP contribution in [0.1, 0.15) is 31.1 Å². The van der Waals surface area contributed by atoms with E-state index < -0.39 is 40.3 Å². The van der Waals surface area contributed by atoms with Crippen molar-refractivity contribution in [2.45, 2.75) is 10.6 Å². The first kappa shape index (κ1) is 25.6. The van der Waals surface area contributed by atoms with Gasteiger partial charge in [0.2, 0.25) is 0 Å². The molecule has 4 rings (SSSR count). The lowest BCUT2D eigenvalue weighted by Crippen LogP contribution is -2.47. The summed E-state index contributed by atoms with van der Waals surface area (Å²) in [5.74, 6) is -4.27. The van der Waals surface area contributed by atoms with Gasteiger partial charge in [-0.15, -0.1) is 0 Å². The van der Waals surface area contributed by atoms with Crippen LogP contribution in [-0.2, 0) is 19.0 Å². The molecule has 0 heterocycles. The minimum absolute atomic E-state index is 0.163. The third kappa shape index (κ3) is 5.84. The summed E-state index contributed by atoms with van der Waals surface area (Å²) in [5.41, 5.74) is 0.162. The van der Waals surface area contributed by atoms with Gasteiger partial charge in [-0.3, -0.25) is 0 Å². The second kappa shape index (κ2) is 11.0. The van der Waals surface area contributed by atoms with E-state index in [4.69, 9.17) is 14.2 Å². The predicted molar refractivity (Wildman–Crippen MR) is 135 cm³/mol. The van der Waals surface area contributed by atoms with E-state index in [9.17, 15) is 24.3 Å². The summed E-state index contributed by atoms with van der Waals surface area (Å²) < 4.78 is 14.8. The SMILES string of the molecule is O=C(O)C1=CC(OC(=O)c2ccccc2)C(Br)(OC(=O)c2ccccc2)C(OC(=O)c2ccccc2)=C1. The summed E-state index contributed by atoms with van der Waals surface area (Å²) in [7, 11) is 0. The van der Waals surface area contributed by atoms with Crippen molar-refractivity contribution in [2.75, 3.05) is 0 Å². The van der Waals surface area contributed by atoms with Crippen molar-refractivity contribution in [1.29, 1.82) is 0 Å². The average Bonchev–Trinajstić information content (AvgIpc) is 2.92. The average molecular weight is 563 g/mol. The Labute approximate surface area is 219 Å². The summed E-state index contributed by atoms with van der Waals surface area (Å²) in [5, 5.41) is 9.69. The second-order valence-electron chi connectivity index (χ2n) is 7.78. The maximum atomic E-state index is 13.0. The molecule has 186 valence electrons. The van der Waals surface area contributed by atoms with Crippen molar-refractivity contribution in [1.82, 2.24) is 0 Å². The van der Waals surface area contributed by atoms with Crippen LogP contribution in [0.3, 0.4) is 0 Å². The molecule has 2 atom stereocenters. The lowest BCUT2D eigenvalue weighted by molar-refractivity contribution is -0.132. The highest BCUT2D eigenvalue weighted by Gasteiger charge is 2.51. The molecule has 1 aliphatic rings. The molecule has 1 N–H and O–H groups in total. The number of hydrogen-bond donors (Lipinski definition) is 1. The Morgan fingerprint density at radius 3 is 1.65 bits per heavy atom. The lowest BCUT2D eigenvalue weighted by Gasteiger charge is -2.36. The summed E-state index contributed by atoms with van der Waals surface area (Å²) >= 11 is 3.30. The summed E-state index contributed by atoms with van der Waals surface area (Å²) in [6.45, 7) is 0. The summed E-state index contributed by atoms with van der Waals surface area (Å²) in [6.07, 6.45) is 0.599. The summed E-state index contributed by atoms with van der Waals surface area (Å²) in [6, 6.07) is 23.9. The highest BCUT2D eigenvalue weighted by molar-refractivity contribution is 9.10. The van der Waals surface area contributed by atoms with E-state index in [1.807, 2.05) is 0 Å². The van der Waals surface area contributed by atoms with Crippen LogP contribution in [-0.4, -0.2) is 39.6 Å². The van der Waals surface area contributed by atoms with E-state index >= 15 is 0 Å². The number of esters is 3. The van der Waals surface area contributed by atoms with Gasteiger partial charge in [0.15, 0.2) is 11.9 Å². The number of ether oxygens (including phenoxy) is 3. The minimum Gasteiger partial charge on any atom is -0.478 e. The van der Waals surface area contributed by atoms with E-state index in [0.717, 1.165) is 12.2 Å². The molecule has 2 unspecified atom stereocenters. The number of carboxylic acid groups (broad SMARTS) is 1. The molecule has 0 amide bonds. The van der Waals surface area contributed by atoms with Gasteiger partial charge >= 0.3 is 23.9 Å². The molecule has 0 bridgehead atoms. The number of rotatable bonds is 7. The Bertz CT molecular complexity index is 1380. The van der Waals surface area contributed by atoms with Crippen molar-refractivity contribution in [3.05, 3.63) is 131 Å². The molecule has 1 aliphatic carbocycles. The van der Waals surface area contributed by atoms with Gasteiger partial charge in [0.1, 0.15) is 0 Å². The second-order valence-corrected chi connectivity index (χ2v) is 8.96. The van der Waals surface area contributed by atoms with Gasteiger partial charge in [-0.05, 0) is 64.5 Å². The van der Waals surface area contributed by atoms with Crippen LogP contribution in [0.2, 0.25) is 0 Å².